The largest absolute Gasteiger partial charge is 0.391 e. The zero-order chi connectivity index (χ0) is 16.9. The molecule has 3 rings (SSSR count). The highest BCUT2D eigenvalue weighted by atomic mass is 35.5. The molecule has 2 N–H and O–H groups in total. The molecule has 0 aliphatic rings. The van der Waals surface area contributed by atoms with E-state index in [-0.39, 0.29) is 12.5 Å². The summed E-state index contributed by atoms with van der Waals surface area (Å²) in [6.45, 7) is 0.171. The van der Waals surface area contributed by atoms with Crippen LogP contribution in [0.4, 0.5) is 0 Å². The maximum Gasteiger partial charge on any atom is 0.253 e. The lowest BCUT2D eigenvalue weighted by Crippen LogP contribution is -2.33. The molecule has 1 unspecified atom stereocenters. The molecular formula is C19H17ClN2O2. The number of fused-ring (bicyclic) bond motifs is 1. The van der Waals surface area contributed by atoms with E-state index in [0.717, 1.165) is 10.9 Å². The molecule has 122 valence electrons. The van der Waals surface area contributed by atoms with E-state index in [1.54, 1.807) is 24.4 Å². The van der Waals surface area contributed by atoms with Crippen LogP contribution in [0.15, 0.2) is 60.8 Å². The van der Waals surface area contributed by atoms with Crippen molar-refractivity contribution in [1.82, 2.24) is 10.3 Å². The van der Waals surface area contributed by atoms with Gasteiger partial charge in [0.05, 0.1) is 22.2 Å². The van der Waals surface area contributed by atoms with E-state index in [9.17, 15) is 9.90 Å². The predicted molar refractivity (Wildman–Crippen MR) is 95.2 cm³/mol. The summed E-state index contributed by atoms with van der Waals surface area (Å²) in [6.07, 6.45) is 1.46. The van der Waals surface area contributed by atoms with Gasteiger partial charge in [0, 0.05) is 24.5 Å². The third-order valence-corrected chi connectivity index (χ3v) is 4.10. The fourth-order valence-electron chi connectivity index (χ4n) is 2.59. The van der Waals surface area contributed by atoms with Crippen LogP contribution in [0.25, 0.3) is 10.9 Å². The van der Waals surface area contributed by atoms with Gasteiger partial charge < -0.3 is 10.4 Å². The van der Waals surface area contributed by atoms with E-state index in [1.165, 1.54) is 0 Å². The van der Waals surface area contributed by atoms with Crippen LogP contribution in [0.2, 0.25) is 5.02 Å². The van der Waals surface area contributed by atoms with Crippen LogP contribution >= 0.6 is 11.6 Å². The smallest absolute Gasteiger partial charge is 0.253 e. The number of benzene rings is 2. The molecule has 3 aromatic rings. The number of nitrogens with one attached hydrogen (secondary N) is 1. The minimum absolute atomic E-state index is 0.171. The van der Waals surface area contributed by atoms with Crippen LogP contribution < -0.4 is 5.32 Å². The first-order valence-electron chi connectivity index (χ1n) is 7.68. The van der Waals surface area contributed by atoms with Crippen molar-refractivity contribution in [1.29, 1.82) is 0 Å². The number of aromatic nitrogens is 1. The van der Waals surface area contributed by atoms with Gasteiger partial charge in [0.25, 0.3) is 5.91 Å². The van der Waals surface area contributed by atoms with E-state index in [2.05, 4.69) is 10.3 Å². The minimum Gasteiger partial charge on any atom is -0.391 e. The second-order valence-corrected chi connectivity index (χ2v) is 5.96. The number of aliphatic hydroxyl groups is 1. The number of aliphatic hydroxyl groups excluding tert-OH is 1. The molecule has 5 heteroatoms. The second kappa shape index (κ2) is 7.43. The number of hydrogen-bond acceptors (Lipinski definition) is 3. The summed E-state index contributed by atoms with van der Waals surface area (Å²) >= 11 is 6.14. The Bertz CT molecular complexity index is 852. The number of carbonyl (C=O) groups excluding carboxylic acids is 1. The van der Waals surface area contributed by atoms with Gasteiger partial charge in [-0.05, 0) is 29.8 Å². The molecule has 0 saturated heterocycles. The van der Waals surface area contributed by atoms with Gasteiger partial charge in [-0.15, -0.1) is 0 Å². The average molecular weight is 341 g/mol. The highest BCUT2D eigenvalue weighted by Crippen LogP contribution is 2.24. The fourth-order valence-corrected chi connectivity index (χ4v) is 2.80. The van der Waals surface area contributed by atoms with Gasteiger partial charge in [-0.1, -0.05) is 41.9 Å². The quantitative estimate of drug-likeness (QED) is 0.749. The SMILES string of the molecule is O=C(NCC(O)Cc1ccccc1)c1ccc(Cl)c2cccnc12. The normalized spacial score (nSPS) is 12.1. The van der Waals surface area contributed by atoms with Gasteiger partial charge in [-0.25, -0.2) is 0 Å². The average Bonchev–Trinajstić information content (AvgIpc) is 2.61. The Labute approximate surface area is 145 Å². The van der Waals surface area contributed by atoms with E-state index in [4.69, 9.17) is 11.6 Å². The number of pyridine rings is 1. The van der Waals surface area contributed by atoms with Gasteiger partial charge in [0.15, 0.2) is 0 Å². The predicted octanol–water partition coefficient (Wildman–Crippen LogP) is 3.22. The monoisotopic (exact) mass is 340 g/mol. The zero-order valence-corrected chi connectivity index (χ0v) is 13.7. The van der Waals surface area contributed by atoms with Crippen LogP contribution in [0.1, 0.15) is 15.9 Å². The summed E-state index contributed by atoms with van der Waals surface area (Å²) in [5.41, 5.74) is 2.03. The van der Waals surface area contributed by atoms with Crippen molar-refractivity contribution < 1.29 is 9.90 Å². The first-order chi connectivity index (χ1) is 11.6. The van der Waals surface area contributed by atoms with Gasteiger partial charge in [-0.2, -0.15) is 0 Å². The van der Waals surface area contributed by atoms with E-state index in [1.807, 2.05) is 36.4 Å². The fraction of sp³-hybridized carbons (Fsp3) is 0.158. The Balaban J connectivity index is 1.68. The van der Waals surface area contributed by atoms with Crippen molar-refractivity contribution >= 4 is 28.4 Å². The Hall–Kier alpha value is -2.43. The zero-order valence-electron chi connectivity index (χ0n) is 12.9. The van der Waals surface area contributed by atoms with Gasteiger partial charge in [-0.3, -0.25) is 9.78 Å². The molecule has 2 aromatic carbocycles. The van der Waals surface area contributed by atoms with E-state index < -0.39 is 6.10 Å². The summed E-state index contributed by atoms with van der Waals surface area (Å²) < 4.78 is 0. The lowest BCUT2D eigenvalue weighted by molar-refractivity contribution is 0.0917. The molecule has 0 radical (unpaired) electrons. The maximum absolute atomic E-state index is 12.4. The molecule has 0 fully saturated rings. The maximum atomic E-state index is 12.4. The highest BCUT2D eigenvalue weighted by molar-refractivity contribution is 6.36. The van der Waals surface area contributed by atoms with E-state index >= 15 is 0 Å². The third kappa shape index (κ3) is 3.72. The summed E-state index contributed by atoms with van der Waals surface area (Å²) in [6, 6.07) is 16.6. The molecule has 1 heterocycles. The Kier molecular flexibility index (Phi) is 5.08. The van der Waals surface area contributed by atoms with Crippen LogP contribution in [-0.4, -0.2) is 28.6 Å². The van der Waals surface area contributed by atoms with Gasteiger partial charge in [0.1, 0.15) is 0 Å². The Morgan fingerprint density at radius 2 is 1.92 bits per heavy atom. The van der Waals surface area contributed by atoms with Crippen LogP contribution in [0.3, 0.4) is 0 Å². The topological polar surface area (TPSA) is 62.2 Å². The highest BCUT2D eigenvalue weighted by Gasteiger charge is 2.14. The van der Waals surface area contributed by atoms with Gasteiger partial charge in [0.2, 0.25) is 0 Å². The number of nitrogens with zero attached hydrogens (tertiary/aromatic N) is 1. The summed E-state index contributed by atoms with van der Waals surface area (Å²) in [7, 11) is 0. The molecule has 4 nitrogen and oxygen atoms in total. The number of halogens is 1. The first kappa shape index (κ1) is 16.4. The standard InChI is InChI=1S/C19H17ClN2O2/c20-17-9-8-16(18-15(17)7-4-10-21-18)19(24)22-12-14(23)11-13-5-2-1-3-6-13/h1-10,14,23H,11-12H2,(H,22,24). The summed E-state index contributed by atoms with van der Waals surface area (Å²) in [5.74, 6) is -0.275. The second-order valence-electron chi connectivity index (χ2n) is 5.55. The molecule has 0 bridgehead atoms. The van der Waals surface area contributed by atoms with Crippen LogP contribution in [-0.2, 0) is 6.42 Å². The van der Waals surface area contributed by atoms with Crippen molar-refractivity contribution in [3.8, 4) is 0 Å². The third-order valence-electron chi connectivity index (χ3n) is 3.77. The van der Waals surface area contributed by atoms with Crippen LogP contribution in [0.5, 0.6) is 0 Å². The van der Waals surface area contributed by atoms with Crippen LogP contribution in [0, 0.1) is 0 Å². The molecule has 0 spiro atoms. The molecular weight excluding hydrogens is 324 g/mol. The summed E-state index contributed by atoms with van der Waals surface area (Å²) in [5, 5.41) is 14.2. The van der Waals surface area contributed by atoms with Gasteiger partial charge >= 0.3 is 0 Å². The lowest BCUT2D eigenvalue weighted by Gasteiger charge is -2.13. The van der Waals surface area contributed by atoms with Crippen molar-refractivity contribution in [3.05, 3.63) is 76.9 Å². The number of amides is 1. The lowest BCUT2D eigenvalue weighted by atomic mass is 10.1. The minimum atomic E-state index is -0.650. The van der Waals surface area contributed by atoms with E-state index in [0.29, 0.717) is 22.5 Å². The Morgan fingerprint density at radius 1 is 1.12 bits per heavy atom. The number of hydrogen-bond donors (Lipinski definition) is 2. The molecule has 24 heavy (non-hydrogen) atoms. The number of rotatable bonds is 5. The molecule has 0 aliphatic carbocycles. The van der Waals surface area contributed by atoms with Crippen molar-refractivity contribution in [2.24, 2.45) is 0 Å². The van der Waals surface area contributed by atoms with Crippen molar-refractivity contribution in [2.75, 3.05) is 6.54 Å². The molecule has 1 aromatic heterocycles. The summed E-state index contributed by atoms with van der Waals surface area (Å²) in [4.78, 5) is 16.7. The molecule has 1 atom stereocenters. The first-order valence-corrected chi connectivity index (χ1v) is 8.06. The van der Waals surface area contributed by atoms with Crippen molar-refractivity contribution in [3.63, 3.8) is 0 Å². The molecule has 0 aliphatic heterocycles. The molecule has 1 amide bonds. The number of carbonyl (C=O) groups is 1. The Morgan fingerprint density at radius 3 is 2.71 bits per heavy atom. The molecule has 0 saturated carbocycles. The van der Waals surface area contributed by atoms with Crippen molar-refractivity contribution in [2.45, 2.75) is 12.5 Å².